The first-order valence-electron chi connectivity index (χ1n) is 8.64. The molecule has 0 saturated heterocycles. The van der Waals surface area contributed by atoms with Crippen LogP contribution in [0.5, 0.6) is 0 Å². The standard InChI is InChI=1S/C19H22F3NO3S/c1-3-4-6-11-15(16-23-12-13-27-16)26-17(24)18(25-2,19(20,21)22)14-9-7-5-8-10-14/h5,7-10,12-13,15H,3-4,6,11H2,1-2H3/t15-,18-/m1/s1. The molecule has 0 aliphatic carbocycles. The fourth-order valence-corrected chi connectivity index (χ4v) is 3.51. The summed E-state index contributed by atoms with van der Waals surface area (Å²) in [4.78, 5) is 16.9. The fourth-order valence-electron chi connectivity index (χ4n) is 2.81. The lowest BCUT2D eigenvalue weighted by atomic mass is 9.92. The number of unbranched alkanes of at least 4 members (excludes halogenated alkanes) is 2. The molecule has 8 heteroatoms. The Morgan fingerprint density at radius 2 is 1.93 bits per heavy atom. The molecule has 4 nitrogen and oxygen atoms in total. The molecule has 2 aromatic rings. The first-order chi connectivity index (χ1) is 12.9. The van der Waals surface area contributed by atoms with Crippen molar-refractivity contribution in [3.8, 4) is 0 Å². The van der Waals surface area contributed by atoms with E-state index in [9.17, 15) is 18.0 Å². The zero-order chi connectivity index (χ0) is 19.9. The minimum atomic E-state index is -4.99. The van der Waals surface area contributed by atoms with Gasteiger partial charge in [-0.2, -0.15) is 13.2 Å². The van der Waals surface area contributed by atoms with Crippen LogP contribution >= 0.6 is 11.3 Å². The molecule has 0 N–H and O–H groups in total. The van der Waals surface area contributed by atoms with Gasteiger partial charge in [-0.3, -0.25) is 0 Å². The van der Waals surface area contributed by atoms with Crippen molar-refractivity contribution in [3.05, 3.63) is 52.5 Å². The monoisotopic (exact) mass is 401 g/mol. The fraction of sp³-hybridized carbons (Fsp3) is 0.474. The Hall–Kier alpha value is -1.93. The maximum absolute atomic E-state index is 14.0. The maximum Gasteiger partial charge on any atom is 0.432 e. The molecule has 27 heavy (non-hydrogen) atoms. The number of hydrogen-bond acceptors (Lipinski definition) is 5. The quantitative estimate of drug-likeness (QED) is 0.416. The minimum Gasteiger partial charge on any atom is -0.452 e. The van der Waals surface area contributed by atoms with Crippen molar-refractivity contribution in [1.82, 2.24) is 4.98 Å². The van der Waals surface area contributed by atoms with Crippen molar-refractivity contribution in [2.24, 2.45) is 0 Å². The van der Waals surface area contributed by atoms with E-state index in [-0.39, 0.29) is 5.56 Å². The number of hydrogen-bond donors (Lipinski definition) is 0. The molecule has 1 aromatic heterocycles. The Labute approximate surface area is 160 Å². The number of ether oxygens (including phenoxy) is 2. The smallest absolute Gasteiger partial charge is 0.432 e. The van der Waals surface area contributed by atoms with E-state index in [2.05, 4.69) is 4.98 Å². The number of halogens is 3. The van der Waals surface area contributed by atoms with Crippen LogP contribution in [0.4, 0.5) is 13.2 Å². The molecule has 0 amide bonds. The summed E-state index contributed by atoms with van der Waals surface area (Å²) in [7, 11) is 0.858. The lowest BCUT2D eigenvalue weighted by Crippen LogP contribution is -2.52. The summed E-state index contributed by atoms with van der Waals surface area (Å²) < 4.78 is 52.0. The van der Waals surface area contributed by atoms with Crippen LogP contribution in [0.1, 0.15) is 49.3 Å². The highest BCUT2D eigenvalue weighted by molar-refractivity contribution is 7.09. The van der Waals surface area contributed by atoms with Crippen LogP contribution in [-0.4, -0.2) is 24.2 Å². The molecule has 0 fully saturated rings. The molecule has 0 spiro atoms. The Bertz CT molecular complexity index is 707. The van der Waals surface area contributed by atoms with E-state index in [4.69, 9.17) is 9.47 Å². The molecule has 0 aliphatic rings. The number of carbonyl (C=O) groups excluding carboxylic acids is 1. The van der Waals surface area contributed by atoms with Crippen molar-refractivity contribution in [2.45, 2.75) is 50.5 Å². The molecular formula is C19H22F3NO3S. The lowest BCUT2D eigenvalue weighted by Gasteiger charge is -2.33. The zero-order valence-electron chi connectivity index (χ0n) is 15.2. The van der Waals surface area contributed by atoms with Gasteiger partial charge in [0.2, 0.25) is 0 Å². The molecule has 1 aromatic carbocycles. The SMILES string of the molecule is CCCCC[C@@H](OC(=O)[C@](OC)(c1ccccc1)C(F)(F)F)c1nccs1. The largest absolute Gasteiger partial charge is 0.452 e. The molecule has 0 unspecified atom stereocenters. The van der Waals surface area contributed by atoms with Crippen LogP contribution in [0, 0.1) is 0 Å². The third-order valence-electron chi connectivity index (χ3n) is 4.22. The number of aromatic nitrogens is 1. The number of esters is 1. The molecule has 0 radical (unpaired) electrons. The minimum absolute atomic E-state index is 0.323. The molecule has 0 bridgehead atoms. The summed E-state index contributed by atoms with van der Waals surface area (Å²) in [6, 6.07) is 6.81. The van der Waals surface area contributed by atoms with Gasteiger partial charge in [0.15, 0.2) is 6.10 Å². The van der Waals surface area contributed by atoms with Gasteiger partial charge >= 0.3 is 12.1 Å². The lowest BCUT2D eigenvalue weighted by molar-refractivity contribution is -0.278. The van der Waals surface area contributed by atoms with Crippen LogP contribution in [0.15, 0.2) is 41.9 Å². The van der Waals surface area contributed by atoms with E-state index in [0.717, 1.165) is 20.0 Å². The first kappa shape index (κ1) is 21.4. The van der Waals surface area contributed by atoms with Crippen molar-refractivity contribution < 1.29 is 27.4 Å². The average Bonchev–Trinajstić information content (AvgIpc) is 3.16. The number of thiazole rings is 1. The molecule has 1 heterocycles. The highest BCUT2D eigenvalue weighted by Gasteiger charge is 2.64. The van der Waals surface area contributed by atoms with Crippen LogP contribution in [0.3, 0.4) is 0 Å². The average molecular weight is 401 g/mol. The number of methoxy groups -OCH3 is 1. The summed E-state index contributed by atoms with van der Waals surface area (Å²) >= 11 is 1.24. The Morgan fingerprint density at radius 3 is 2.44 bits per heavy atom. The third-order valence-corrected chi connectivity index (χ3v) is 5.09. The second-order valence-corrected chi connectivity index (χ2v) is 6.94. The summed E-state index contributed by atoms with van der Waals surface area (Å²) in [5.41, 5.74) is -3.51. The topological polar surface area (TPSA) is 48.4 Å². The number of alkyl halides is 3. The number of benzene rings is 1. The van der Waals surface area contributed by atoms with E-state index < -0.39 is 23.9 Å². The number of nitrogens with zero attached hydrogens (tertiary/aromatic N) is 1. The van der Waals surface area contributed by atoms with Crippen LogP contribution < -0.4 is 0 Å². The van der Waals surface area contributed by atoms with Gasteiger partial charge in [-0.25, -0.2) is 9.78 Å². The van der Waals surface area contributed by atoms with Gasteiger partial charge < -0.3 is 9.47 Å². The Morgan fingerprint density at radius 1 is 1.22 bits per heavy atom. The second kappa shape index (κ2) is 9.32. The van der Waals surface area contributed by atoms with Gasteiger partial charge in [-0.05, 0) is 12.8 Å². The van der Waals surface area contributed by atoms with Gasteiger partial charge in [0.1, 0.15) is 5.01 Å². The number of rotatable bonds is 9. The van der Waals surface area contributed by atoms with Crippen molar-refractivity contribution in [3.63, 3.8) is 0 Å². The first-order valence-corrected chi connectivity index (χ1v) is 9.52. The van der Waals surface area contributed by atoms with Crippen LogP contribution in [-0.2, 0) is 19.9 Å². The predicted molar refractivity (Wildman–Crippen MR) is 96.3 cm³/mol. The van der Waals surface area contributed by atoms with Crippen molar-refractivity contribution >= 4 is 17.3 Å². The van der Waals surface area contributed by atoms with E-state index in [1.54, 1.807) is 11.4 Å². The second-order valence-electron chi connectivity index (χ2n) is 6.01. The maximum atomic E-state index is 14.0. The van der Waals surface area contributed by atoms with E-state index in [1.165, 1.54) is 41.8 Å². The molecular weight excluding hydrogens is 379 g/mol. The molecule has 0 aliphatic heterocycles. The predicted octanol–water partition coefficient (Wildman–Crippen LogP) is 5.41. The van der Waals surface area contributed by atoms with Gasteiger partial charge in [-0.1, -0.05) is 50.1 Å². The summed E-state index contributed by atoms with van der Waals surface area (Å²) in [6.07, 6.45) is -1.36. The van der Waals surface area contributed by atoms with Crippen LogP contribution in [0.25, 0.3) is 0 Å². The van der Waals surface area contributed by atoms with Gasteiger partial charge in [-0.15, -0.1) is 11.3 Å². The molecule has 2 atom stereocenters. The molecule has 148 valence electrons. The summed E-state index contributed by atoms with van der Waals surface area (Å²) in [5.74, 6) is -1.49. The zero-order valence-corrected chi connectivity index (χ0v) is 16.0. The van der Waals surface area contributed by atoms with E-state index in [0.29, 0.717) is 17.8 Å². The third kappa shape index (κ3) is 4.68. The highest BCUT2D eigenvalue weighted by atomic mass is 32.1. The number of carbonyl (C=O) groups is 1. The van der Waals surface area contributed by atoms with E-state index >= 15 is 0 Å². The van der Waals surface area contributed by atoms with Gasteiger partial charge in [0, 0.05) is 24.3 Å². The van der Waals surface area contributed by atoms with Crippen LogP contribution in [0.2, 0.25) is 0 Å². The van der Waals surface area contributed by atoms with Gasteiger partial charge in [0.05, 0.1) is 0 Å². The summed E-state index contributed by atoms with van der Waals surface area (Å²) in [6.45, 7) is 2.01. The van der Waals surface area contributed by atoms with Crippen molar-refractivity contribution in [1.29, 1.82) is 0 Å². The van der Waals surface area contributed by atoms with Crippen molar-refractivity contribution in [2.75, 3.05) is 7.11 Å². The van der Waals surface area contributed by atoms with Gasteiger partial charge in [0.25, 0.3) is 5.60 Å². The Kier molecular flexibility index (Phi) is 7.38. The Balaban J connectivity index is 2.36. The molecule has 2 rings (SSSR count). The molecule has 0 saturated carbocycles. The highest BCUT2D eigenvalue weighted by Crippen LogP contribution is 2.44. The summed E-state index contributed by atoms with van der Waals surface area (Å²) in [5, 5.41) is 2.17. The van der Waals surface area contributed by atoms with E-state index in [1.807, 2.05) is 6.92 Å². The normalized spacial score (nSPS) is 15.1.